The normalized spacial score (nSPS) is 15.5. The molecular formula is C17H21N3O. The van der Waals surface area contributed by atoms with Crippen molar-refractivity contribution < 1.29 is 4.42 Å². The number of hydrogen-bond acceptors (Lipinski definition) is 2. The molecule has 2 aromatic rings. The first kappa shape index (κ1) is 13.7. The highest BCUT2D eigenvalue weighted by molar-refractivity contribution is 5.80. The summed E-state index contributed by atoms with van der Waals surface area (Å²) in [7, 11) is 1.83. The maximum absolute atomic E-state index is 5.89. The van der Waals surface area contributed by atoms with E-state index in [-0.39, 0.29) is 0 Å². The lowest BCUT2D eigenvalue weighted by atomic mass is 10.2. The molecule has 21 heavy (non-hydrogen) atoms. The minimum atomic E-state index is 0.663. The third-order valence-electron chi connectivity index (χ3n) is 3.76. The molecule has 0 aliphatic carbocycles. The molecule has 0 bridgehead atoms. The fraction of sp³-hybridized carbons (Fsp3) is 0.353. The summed E-state index contributed by atoms with van der Waals surface area (Å²) >= 11 is 0. The zero-order chi connectivity index (χ0) is 14.5. The number of likely N-dealkylation sites (tertiary alicyclic amines) is 1. The van der Waals surface area contributed by atoms with Crippen molar-refractivity contribution in [3.05, 3.63) is 48.2 Å². The Kier molecular flexibility index (Phi) is 4.24. The van der Waals surface area contributed by atoms with Crippen LogP contribution in [0.2, 0.25) is 0 Å². The average Bonchev–Trinajstić information content (AvgIpc) is 3.20. The van der Waals surface area contributed by atoms with Crippen LogP contribution in [0.3, 0.4) is 0 Å². The first-order chi connectivity index (χ1) is 10.4. The standard InChI is InChI=1S/C17H21N3O/c1-18-17(20-11-5-6-12-20)19-13-15-9-10-16(21-15)14-7-3-2-4-8-14/h2-4,7-10H,5-6,11-13H2,1H3,(H,18,19). The van der Waals surface area contributed by atoms with E-state index in [2.05, 4.69) is 27.3 Å². The molecule has 2 heterocycles. The van der Waals surface area contributed by atoms with E-state index in [9.17, 15) is 0 Å². The number of hydrogen-bond donors (Lipinski definition) is 1. The van der Waals surface area contributed by atoms with Crippen molar-refractivity contribution in [1.29, 1.82) is 0 Å². The largest absolute Gasteiger partial charge is 0.459 e. The third-order valence-corrected chi connectivity index (χ3v) is 3.76. The monoisotopic (exact) mass is 283 g/mol. The lowest BCUT2D eigenvalue weighted by Crippen LogP contribution is -2.39. The van der Waals surface area contributed by atoms with E-state index in [0.717, 1.165) is 36.1 Å². The Bertz CT molecular complexity index is 598. The van der Waals surface area contributed by atoms with Crippen molar-refractivity contribution in [2.75, 3.05) is 20.1 Å². The van der Waals surface area contributed by atoms with Gasteiger partial charge >= 0.3 is 0 Å². The van der Waals surface area contributed by atoms with Crippen LogP contribution in [0.1, 0.15) is 18.6 Å². The van der Waals surface area contributed by atoms with Crippen LogP contribution in [0.5, 0.6) is 0 Å². The van der Waals surface area contributed by atoms with Gasteiger partial charge in [-0.1, -0.05) is 30.3 Å². The topological polar surface area (TPSA) is 40.8 Å². The molecular weight excluding hydrogens is 262 g/mol. The molecule has 1 aliphatic heterocycles. The zero-order valence-corrected chi connectivity index (χ0v) is 12.4. The second-order valence-electron chi connectivity index (χ2n) is 5.23. The number of nitrogens with zero attached hydrogens (tertiary/aromatic N) is 2. The second-order valence-corrected chi connectivity index (χ2v) is 5.23. The minimum absolute atomic E-state index is 0.663. The van der Waals surface area contributed by atoms with Crippen molar-refractivity contribution in [1.82, 2.24) is 10.2 Å². The van der Waals surface area contributed by atoms with Crippen molar-refractivity contribution in [2.45, 2.75) is 19.4 Å². The summed E-state index contributed by atoms with van der Waals surface area (Å²) in [5, 5.41) is 3.37. The van der Waals surface area contributed by atoms with Gasteiger partial charge in [-0.3, -0.25) is 4.99 Å². The van der Waals surface area contributed by atoms with Gasteiger partial charge in [0.05, 0.1) is 6.54 Å². The molecule has 1 aromatic heterocycles. The molecule has 4 heteroatoms. The molecule has 1 N–H and O–H groups in total. The van der Waals surface area contributed by atoms with Gasteiger partial charge in [-0.05, 0) is 25.0 Å². The minimum Gasteiger partial charge on any atom is -0.459 e. The number of guanidine groups is 1. The molecule has 1 fully saturated rings. The lowest BCUT2D eigenvalue weighted by molar-refractivity contribution is 0.473. The zero-order valence-electron chi connectivity index (χ0n) is 12.4. The predicted molar refractivity (Wildman–Crippen MR) is 85.1 cm³/mol. The molecule has 0 unspecified atom stereocenters. The summed E-state index contributed by atoms with van der Waals surface area (Å²) in [4.78, 5) is 6.63. The maximum Gasteiger partial charge on any atom is 0.194 e. The van der Waals surface area contributed by atoms with E-state index in [1.54, 1.807) is 0 Å². The number of benzene rings is 1. The van der Waals surface area contributed by atoms with Crippen molar-refractivity contribution >= 4 is 5.96 Å². The third kappa shape index (κ3) is 3.27. The molecule has 0 amide bonds. The number of nitrogens with one attached hydrogen (secondary N) is 1. The first-order valence-electron chi connectivity index (χ1n) is 7.46. The molecule has 1 aliphatic rings. The highest BCUT2D eigenvalue weighted by atomic mass is 16.3. The molecule has 4 nitrogen and oxygen atoms in total. The summed E-state index contributed by atoms with van der Waals surface area (Å²) in [5.74, 6) is 2.79. The van der Waals surface area contributed by atoms with Gasteiger partial charge in [-0.15, -0.1) is 0 Å². The van der Waals surface area contributed by atoms with Gasteiger partial charge in [0.1, 0.15) is 11.5 Å². The van der Waals surface area contributed by atoms with Gasteiger partial charge in [-0.2, -0.15) is 0 Å². The van der Waals surface area contributed by atoms with Crippen LogP contribution in [0.4, 0.5) is 0 Å². The molecule has 110 valence electrons. The van der Waals surface area contributed by atoms with Gasteiger partial charge < -0.3 is 14.6 Å². The lowest BCUT2D eigenvalue weighted by Gasteiger charge is -2.20. The van der Waals surface area contributed by atoms with Gasteiger partial charge in [0, 0.05) is 25.7 Å². The van der Waals surface area contributed by atoms with Crippen LogP contribution >= 0.6 is 0 Å². The molecule has 0 radical (unpaired) electrons. The average molecular weight is 283 g/mol. The molecule has 0 spiro atoms. The Hall–Kier alpha value is -2.23. The fourth-order valence-electron chi connectivity index (χ4n) is 2.66. The fourth-order valence-corrected chi connectivity index (χ4v) is 2.66. The van der Waals surface area contributed by atoms with Crippen LogP contribution < -0.4 is 5.32 Å². The number of aliphatic imine (C=N–C) groups is 1. The van der Waals surface area contributed by atoms with Crippen molar-refractivity contribution in [3.8, 4) is 11.3 Å². The number of rotatable bonds is 3. The van der Waals surface area contributed by atoms with E-state index >= 15 is 0 Å². The Morgan fingerprint density at radius 1 is 1.14 bits per heavy atom. The molecule has 0 saturated carbocycles. The Balaban J connectivity index is 1.62. The highest BCUT2D eigenvalue weighted by Gasteiger charge is 2.15. The van der Waals surface area contributed by atoms with Gasteiger partial charge in [0.2, 0.25) is 0 Å². The molecule has 1 saturated heterocycles. The second kappa shape index (κ2) is 6.48. The molecule has 0 atom stereocenters. The maximum atomic E-state index is 5.89. The van der Waals surface area contributed by atoms with Crippen molar-refractivity contribution in [3.63, 3.8) is 0 Å². The summed E-state index contributed by atoms with van der Waals surface area (Å²) in [6.45, 7) is 2.84. The Morgan fingerprint density at radius 3 is 2.62 bits per heavy atom. The van der Waals surface area contributed by atoms with E-state index in [1.807, 2.05) is 37.4 Å². The molecule has 1 aromatic carbocycles. The predicted octanol–water partition coefficient (Wildman–Crippen LogP) is 3.12. The van der Waals surface area contributed by atoms with Gasteiger partial charge in [0.15, 0.2) is 5.96 Å². The molecule has 3 rings (SSSR count). The van der Waals surface area contributed by atoms with Crippen LogP contribution in [0.15, 0.2) is 51.9 Å². The Labute approximate surface area is 125 Å². The van der Waals surface area contributed by atoms with Gasteiger partial charge in [0.25, 0.3) is 0 Å². The summed E-state index contributed by atoms with van der Waals surface area (Å²) in [5.41, 5.74) is 1.10. The van der Waals surface area contributed by atoms with E-state index in [4.69, 9.17) is 4.42 Å². The SMILES string of the molecule is CN=C(NCc1ccc(-c2ccccc2)o1)N1CCCC1. The number of furan rings is 1. The summed E-state index contributed by atoms with van der Waals surface area (Å²) < 4.78 is 5.89. The van der Waals surface area contributed by atoms with Gasteiger partial charge in [-0.25, -0.2) is 0 Å². The van der Waals surface area contributed by atoms with Crippen LogP contribution in [0, 0.1) is 0 Å². The summed E-state index contributed by atoms with van der Waals surface area (Å²) in [6, 6.07) is 14.2. The van der Waals surface area contributed by atoms with E-state index < -0.39 is 0 Å². The van der Waals surface area contributed by atoms with E-state index in [1.165, 1.54) is 12.8 Å². The van der Waals surface area contributed by atoms with Crippen LogP contribution in [0.25, 0.3) is 11.3 Å². The van der Waals surface area contributed by atoms with Crippen LogP contribution in [-0.2, 0) is 6.54 Å². The van der Waals surface area contributed by atoms with Crippen molar-refractivity contribution in [2.24, 2.45) is 4.99 Å². The Morgan fingerprint density at radius 2 is 1.90 bits per heavy atom. The van der Waals surface area contributed by atoms with Crippen LogP contribution in [-0.4, -0.2) is 31.0 Å². The quantitative estimate of drug-likeness (QED) is 0.695. The smallest absolute Gasteiger partial charge is 0.194 e. The van der Waals surface area contributed by atoms with E-state index in [0.29, 0.717) is 6.54 Å². The summed E-state index contributed by atoms with van der Waals surface area (Å²) in [6.07, 6.45) is 2.50. The highest BCUT2D eigenvalue weighted by Crippen LogP contribution is 2.21. The first-order valence-corrected chi connectivity index (χ1v) is 7.46.